The predicted molar refractivity (Wildman–Crippen MR) is 54.5 cm³/mol. The lowest BCUT2D eigenvalue weighted by Crippen LogP contribution is -1.97. The van der Waals surface area contributed by atoms with Crippen molar-refractivity contribution in [3.8, 4) is 0 Å². The van der Waals surface area contributed by atoms with E-state index in [1.807, 2.05) is 0 Å². The van der Waals surface area contributed by atoms with E-state index in [9.17, 15) is 13.2 Å². The molecule has 0 aliphatic rings. The molecule has 16 heavy (non-hydrogen) atoms. The monoisotopic (exact) mass is 265 g/mol. The molecule has 8 heteroatoms. The highest BCUT2D eigenvalue weighted by molar-refractivity contribution is 6.99. The second kappa shape index (κ2) is 4.26. The average molecular weight is 266 g/mol. The van der Waals surface area contributed by atoms with Crippen LogP contribution in [0.3, 0.4) is 0 Å². The van der Waals surface area contributed by atoms with Crippen LogP contribution in [0.25, 0.3) is 0 Å². The van der Waals surface area contributed by atoms with Crippen LogP contribution in [0, 0.1) is 17.5 Å². The third-order valence-electron chi connectivity index (χ3n) is 1.71. The molecule has 1 N–H and O–H groups in total. The number of halogens is 4. The van der Waals surface area contributed by atoms with Crippen molar-refractivity contribution in [2.75, 3.05) is 5.32 Å². The van der Waals surface area contributed by atoms with E-state index in [1.165, 1.54) is 0 Å². The first-order valence-corrected chi connectivity index (χ1v) is 5.08. The van der Waals surface area contributed by atoms with E-state index < -0.39 is 17.5 Å². The van der Waals surface area contributed by atoms with Gasteiger partial charge in [-0.1, -0.05) is 11.6 Å². The van der Waals surface area contributed by atoms with E-state index in [1.54, 1.807) is 0 Å². The lowest BCUT2D eigenvalue weighted by molar-refractivity contribution is 0.496. The third-order valence-corrected chi connectivity index (χ3v) is 2.60. The van der Waals surface area contributed by atoms with Gasteiger partial charge in [-0.2, -0.15) is 8.75 Å². The Morgan fingerprint density at radius 1 is 1.06 bits per heavy atom. The van der Waals surface area contributed by atoms with Crippen molar-refractivity contribution < 1.29 is 13.2 Å². The summed E-state index contributed by atoms with van der Waals surface area (Å²) in [6.45, 7) is 0. The molecule has 0 saturated carbocycles. The largest absolute Gasteiger partial charge is 0.334 e. The molecule has 1 aromatic heterocycles. The van der Waals surface area contributed by atoms with Gasteiger partial charge in [-0.3, -0.25) is 0 Å². The molecular formula is C8H3ClF3N3S. The molecule has 0 aliphatic carbocycles. The molecule has 0 amide bonds. The lowest BCUT2D eigenvalue weighted by Gasteiger charge is -2.05. The van der Waals surface area contributed by atoms with Crippen LogP contribution in [0.4, 0.5) is 24.7 Å². The van der Waals surface area contributed by atoms with Crippen LogP contribution < -0.4 is 5.32 Å². The fraction of sp³-hybridized carbons (Fsp3) is 0. The molecule has 84 valence electrons. The maximum Gasteiger partial charge on any atom is 0.187 e. The van der Waals surface area contributed by atoms with Crippen LogP contribution >= 0.6 is 23.3 Å². The van der Waals surface area contributed by atoms with E-state index >= 15 is 0 Å². The molecule has 0 saturated heterocycles. The number of anilines is 2. The summed E-state index contributed by atoms with van der Waals surface area (Å²) in [6, 6.07) is 1.12. The fourth-order valence-electron chi connectivity index (χ4n) is 0.998. The van der Waals surface area contributed by atoms with Gasteiger partial charge in [-0.25, -0.2) is 13.2 Å². The van der Waals surface area contributed by atoms with Crippen LogP contribution in [0.2, 0.25) is 5.15 Å². The summed E-state index contributed by atoms with van der Waals surface area (Å²) >= 11 is 6.41. The van der Waals surface area contributed by atoms with Crippen molar-refractivity contribution in [3.63, 3.8) is 0 Å². The van der Waals surface area contributed by atoms with Gasteiger partial charge in [0.25, 0.3) is 0 Å². The first-order chi connectivity index (χ1) is 7.58. The van der Waals surface area contributed by atoms with Crippen molar-refractivity contribution in [2.24, 2.45) is 0 Å². The highest BCUT2D eigenvalue weighted by Crippen LogP contribution is 2.26. The van der Waals surface area contributed by atoms with Gasteiger partial charge in [0.05, 0.1) is 17.4 Å². The highest BCUT2D eigenvalue weighted by atomic mass is 35.5. The molecule has 1 aromatic carbocycles. The number of aromatic nitrogens is 2. The maximum absolute atomic E-state index is 13.2. The van der Waals surface area contributed by atoms with Gasteiger partial charge in [0, 0.05) is 12.1 Å². The molecule has 0 bridgehead atoms. The van der Waals surface area contributed by atoms with Crippen LogP contribution in [-0.4, -0.2) is 8.75 Å². The SMILES string of the molecule is Fc1cc(F)c(Nc2nsnc2Cl)cc1F. The van der Waals surface area contributed by atoms with Crippen LogP contribution in [0.1, 0.15) is 0 Å². The predicted octanol–water partition coefficient (Wildman–Crippen LogP) is 3.35. The zero-order chi connectivity index (χ0) is 11.7. The number of hydrogen-bond acceptors (Lipinski definition) is 4. The van der Waals surface area contributed by atoms with Gasteiger partial charge in [0.2, 0.25) is 0 Å². The highest BCUT2D eigenvalue weighted by Gasteiger charge is 2.12. The number of hydrogen-bond donors (Lipinski definition) is 1. The van der Waals surface area contributed by atoms with E-state index in [0.717, 1.165) is 11.7 Å². The van der Waals surface area contributed by atoms with Crippen LogP contribution in [-0.2, 0) is 0 Å². The first kappa shape index (κ1) is 11.2. The standard InChI is InChI=1S/C8H3ClF3N3S/c9-7-8(15-16-14-7)13-6-2-4(11)3(10)1-5(6)12/h1-2H,(H,13,15). The van der Waals surface area contributed by atoms with E-state index in [2.05, 4.69) is 14.1 Å². The number of benzene rings is 1. The summed E-state index contributed by atoms with van der Waals surface area (Å²) in [4.78, 5) is 0. The summed E-state index contributed by atoms with van der Waals surface area (Å²) < 4.78 is 46.0. The molecule has 2 aromatic rings. The minimum atomic E-state index is -1.26. The number of rotatable bonds is 2. The topological polar surface area (TPSA) is 37.8 Å². The van der Waals surface area contributed by atoms with E-state index in [-0.39, 0.29) is 16.7 Å². The summed E-state index contributed by atoms with van der Waals surface area (Å²) in [5.74, 6) is -3.27. The molecule has 1 heterocycles. The quantitative estimate of drug-likeness (QED) is 0.846. The third kappa shape index (κ3) is 2.10. The van der Waals surface area contributed by atoms with Gasteiger partial charge in [0.15, 0.2) is 22.6 Å². The molecular weight excluding hydrogens is 263 g/mol. The molecule has 0 atom stereocenters. The Kier molecular flexibility index (Phi) is 2.97. The summed E-state index contributed by atoms with van der Waals surface area (Å²) in [5.41, 5.74) is -0.256. The minimum absolute atomic E-state index is 0.0362. The minimum Gasteiger partial charge on any atom is -0.334 e. The summed E-state index contributed by atoms with van der Waals surface area (Å²) in [7, 11) is 0. The zero-order valence-corrected chi connectivity index (χ0v) is 9.04. The van der Waals surface area contributed by atoms with Crippen molar-refractivity contribution in [3.05, 3.63) is 34.7 Å². The lowest BCUT2D eigenvalue weighted by atomic mass is 10.3. The fourth-order valence-corrected chi connectivity index (χ4v) is 1.64. The van der Waals surface area contributed by atoms with Gasteiger partial charge in [0.1, 0.15) is 5.82 Å². The van der Waals surface area contributed by atoms with Gasteiger partial charge in [-0.05, 0) is 0 Å². The van der Waals surface area contributed by atoms with Crippen molar-refractivity contribution in [2.45, 2.75) is 0 Å². The van der Waals surface area contributed by atoms with Crippen LogP contribution in [0.5, 0.6) is 0 Å². The number of nitrogens with zero attached hydrogens (tertiary/aromatic N) is 2. The number of nitrogens with one attached hydrogen (secondary N) is 1. The normalized spacial score (nSPS) is 10.5. The van der Waals surface area contributed by atoms with Crippen molar-refractivity contribution in [1.29, 1.82) is 0 Å². The van der Waals surface area contributed by atoms with Gasteiger partial charge < -0.3 is 5.32 Å². The molecule has 0 spiro atoms. The Morgan fingerprint density at radius 3 is 2.38 bits per heavy atom. The van der Waals surface area contributed by atoms with Crippen molar-refractivity contribution in [1.82, 2.24) is 8.75 Å². The average Bonchev–Trinajstić information content (AvgIpc) is 2.61. The molecule has 2 rings (SSSR count). The smallest absolute Gasteiger partial charge is 0.187 e. The van der Waals surface area contributed by atoms with Gasteiger partial charge in [-0.15, -0.1) is 0 Å². The van der Waals surface area contributed by atoms with Gasteiger partial charge >= 0.3 is 0 Å². The Bertz CT molecular complexity index is 531. The molecule has 3 nitrogen and oxygen atoms in total. The van der Waals surface area contributed by atoms with E-state index in [0.29, 0.717) is 12.1 Å². The Balaban J connectivity index is 2.35. The van der Waals surface area contributed by atoms with E-state index in [4.69, 9.17) is 11.6 Å². The molecule has 0 fully saturated rings. The zero-order valence-electron chi connectivity index (χ0n) is 7.47. The Labute approximate surface area is 97.2 Å². The second-order valence-electron chi connectivity index (χ2n) is 2.77. The maximum atomic E-state index is 13.2. The first-order valence-electron chi connectivity index (χ1n) is 3.97. The molecule has 0 unspecified atom stereocenters. The summed E-state index contributed by atoms with van der Waals surface area (Å²) in [5, 5.41) is 2.45. The van der Waals surface area contributed by atoms with Crippen molar-refractivity contribution >= 4 is 34.8 Å². The molecule has 0 aliphatic heterocycles. The van der Waals surface area contributed by atoms with Crippen LogP contribution in [0.15, 0.2) is 12.1 Å². The second-order valence-corrected chi connectivity index (χ2v) is 3.66. The Morgan fingerprint density at radius 2 is 1.75 bits per heavy atom. The Hall–Kier alpha value is -1.34. The summed E-state index contributed by atoms with van der Waals surface area (Å²) in [6.07, 6.45) is 0. The molecule has 0 radical (unpaired) electrons.